The minimum absolute atomic E-state index is 0.192. The maximum Gasteiger partial charge on any atom is 0.416 e. The molecule has 1 aliphatic rings. The third kappa shape index (κ3) is 4.16. The van der Waals surface area contributed by atoms with Crippen molar-refractivity contribution in [3.63, 3.8) is 0 Å². The predicted octanol–water partition coefficient (Wildman–Crippen LogP) is 3.86. The lowest BCUT2D eigenvalue weighted by molar-refractivity contribution is -0.137. The number of anilines is 2. The molecule has 1 aromatic carbocycles. The molecule has 0 amide bonds. The summed E-state index contributed by atoms with van der Waals surface area (Å²) in [6.45, 7) is 5.07. The number of nitrogens with one attached hydrogen (secondary N) is 1. The summed E-state index contributed by atoms with van der Waals surface area (Å²) in [5.41, 5.74) is -0.779. The van der Waals surface area contributed by atoms with Gasteiger partial charge in [-0.1, -0.05) is 6.07 Å². The van der Waals surface area contributed by atoms with Gasteiger partial charge < -0.3 is 15.3 Å². The highest BCUT2D eigenvalue weighted by Crippen LogP contribution is 2.34. The molecule has 2 aromatic heterocycles. The lowest BCUT2D eigenvalue weighted by Crippen LogP contribution is -2.42. The average Bonchev–Trinajstić information content (AvgIpc) is 3.16. The Bertz CT molecular complexity index is 1080. The lowest BCUT2D eigenvalue weighted by atomic mass is 9.83. The van der Waals surface area contributed by atoms with Crippen LogP contribution in [0.1, 0.15) is 32.3 Å². The number of alkyl halides is 3. The fourth-order valence-electron chi connectivity index (χ4n) is 4.05. The van der Waals surface area contributed by atoms with Crippen LogP contribution in [0.5, 0.6) is 0 Å². The number of hydrogen-bond acceptors (Lipinski definition) is 6. The second-order valence-electron chi connectivity index (χ2n) is 8.38. The van der Waals surface area contributed by atoms with Gasteiger partial charge in [-0.15, -0.1) is 0 Å². The Labute approximate surface area is 177 Å². The quantitative estimate of drug-likeness (QED) is 0.649. The van der Waals surface area contributed by atoms with Crippen LogP contribution in [0.3, 0.4) is 0 Å². The zero-order valence-electron chi connectivity index (χ0n) is 17.6. The van der Waals surface area contributed by atoms with Gasteiger partial charge in [0.2, 0.25) is 5.95 Å². The number of fused-ring (bicyclic) bond motifs is 1. The van der Waals surface area contributed by atoms with E-state index in [1.54, 1.807) is 19.3 Å². The van der Waals surface area contributed by atoms with E-state index >= 15 is 0 Å². The largest absolute Gasteiger partial charge is 0.416 e. The van der Waals surface area contributed by atoms with E-state index in [0.29, 0.717) is 35.9 Å². The normalized spacial score (nSPS) is 16.2. The standard InChI is InChI=1S/C21H25F3N6O/c1-20(2,31)13-7-9-29(10-8-13)17-16-12-26-30(18(16)28-19(25-3)27-17)15-6-4-5-14(11-15)21(22,23)24/h4-6,11-13,31H,7-10H2,1-3H3,(H,25,27,28). The van der Waals surface area contributed by atoms with Crippen LogP contribution in [0.4, 0.5) is 24.9 Å². The van der Waals surface area contributed by atoms with E-state index in [0.717, 1.165) is 25.0 Å². The van der Waals surface area contributed by atoms with Gasteiger partial charge in [0.25, 0.3) is 0 Å². The van der Waals surface area contributed by atoms with Crippen molar-refractivity contribution in [2.75, 3.05) is 30.4 Å². The van der Waals surface area contributed by atoms with E-state index in [-0.39, 0.29) is 11.6 Å². The second-order valence-corrected chi connectivity index (χ2v) is 8.38. The van der Waals surface area contributed by atoms with Crippen LogP contribution >= 0.6 is 0 Å². The highest BCUT2D eigenvalue weighted by atomic mass is 19.4. The molecular formula is C21H25F3N6O. The molecule has 1 fully saturated rings. The number of nitrogens with zero attached hydrogens (tertiary/aromatic N) is 5. The van der Waals surface area contributed by atoms with Gasteiger partial charge in [0.15, 0.2) is 5.65 Å². The van der Waals surface area contributed by atoms with Gasteiger partial charge in [-0.05, 0) is 50.8 Å². The van der Waals surface area contributed by atoms with Crippen LogP contribution in [0.25, 0.3) is 16.7 Å². The van der Waals surface area contributed by atoms with Crippen molar-refractivity contribution in [3.05, 3.63) is 36.0 Å². The van der Waals surface area contributed by atoms with Gasteiger partial charge in [0.05, 0.1) is 28.4 Å². The Morgan fingerprint density at radius 3 is 2.45 bits per heavy atom. The van der Waals surface area contributed by atoms with Crippen LogP contribution in [-0.4, -0.2) is 50.6 Å². The molecule has 1 saturated heterocycles. The van der Waals surface area contributed by atoms with Gasteiger partial charge in [-0.3, -0.25) is 0 Å². The molecule has 0 unspecified atom stereocenters. The molecule has 166 valence electrons. The molecule has 0 spiro atoms. The molecule has 31 heavy (non-hydrogen) atoms. The second kappa shape index (κ2) is 7.67. The minimum Gasteiger partial charge on any atom is -0.390 e. The highest BCUT2D eigenvalue weighted by Gasteiger charge is 2.33. The van der Waals surface area contributed by atoms with Crippen molar-refractivity contribution >= 4 is 22.8 Å². The number of hydrogen-bond donors (Lipinski definition) is 2. The Morgan fingerprint density at radius 1 is 1.13 bits per heavy atom. The van der Waals surface area contributed by atoms with Gasteiger partial charge in [-0.25, -0.2) is 4.68 Å². The topological polar surface area (TPSA) is 79.1 Å². The first kappa shape index (κ1) is 21.4. The van der Waals surface area contributed by atoms with Crippen LogP contribution in [-0.2, 0) is 6.18 Å². The van der Waals surface area contributed by atoms with Crippen molar-refractivity contribution in [2.24, 2.45) is 5.92 Å². The molecule has 0 saturated carbocycles. The molecule has 0 bridgehead atoms. The Hall–Kier alpha value is -2.88. The van der Waals surface area contributed by atoms with Crippen molar-refractivity contribution in [3.8, 4) is 5.69 Å². The van der Waals surface area contributed by atoms with E-state index in [1.807, 2.05) is 13.8 Å². The first-order chi connectivity index (χ1) is 14.6. The maximum atomic E-state index is 13.2. The van der Waals surface area contributed by atoms with Crippen molar-refractivity contribution in [1.29, 1.82) is 0 Å². The first-order valence-corrected chi connectivity index (χ1v) is 10.2. The van der Waals surface area contributed by atoms with E-state index < -0.39 is 17.3 Å². The number of halogens is 3. The number of aliphatic hydroxyl groups is 1. The third-order valence-electron chi connectivity index (χ3n) is 5.84. The molecule has 3 heterocycles. The fourth-order valence-corrected chi connectivity index (χ4v) is 4.05. The maximum absolute atomic E-state index is 13.2. The molecule has 10 heteroatoms. The van der Waals surface area contributed by atoms with E-state index in [4.69, 9.17) is 0 Å². The number of benzene rings is 1. The van der Waals surface area contributed by atoms with Gasteiger partial charge >= 0.3 is 6.18 Å². The Morgan fingerprint density at radius 2 is 1.84 bits per heavy atom. The van der Waals surface area contributed by atoms with Crippen LogP contribution in [0.15, 0.2) is 30.5 Å². The smallest absolute Gasteiger partial charge is 0.390 e. The monoisotopic (exact) mass is 434 g/mol. The first-order valence-electron chi connectivity index (χ1n) is 10.2. The van der Waals surface area contributed by atoms with E-state index in [2.05, 4.69) is 25.3 Å². The summed E-state index contributed by atoms with van der Waals surface area (Å²) in [5.74, 6) is 1.24. The lowest BCUT2D eigenvalue weighted by Gasteiger charge is -2.38. The number of piperidine rings is 1. The summed E-state index contributed by atoms with van der Waals surface area (Å²) in [6.07, 6.45) is -1.23. The van der Waals surface area contributed by atoms with Crippen LogP contribution in [0, 0.1) is 5.92 Å². The molecule has 3 aromatic rings. The van der Waals surface area contributed by atoms with E-state index in [1.165, 1.54) is 10.7 Å². The van der Waals surface area contributed by atoms with E-state index in [9.17, 15) is 18.3 Å². The van der Waals surface area contributed by atoms with Gasteiger partial charge in [0, 0.05) is 20.1 Å². The highest BCUT2D eigenvalue weighted by molar-refractivity contribution is 5.89. The van der Waals surface area contributed by atoms with Crippen LogP contribution in [0.2, 0.25) is 0 Å². The molecular weight excluding hydrogens is 409 g/mol. The summed E-state index contributed by atoms with van der Waals surface area (Å²) in [7, 11) is 1.69. The zero-order valence-corrected chi connectivity index (χ0v) is 17.6. The zero-order chi connectivity index (χ0) is 22.4. The molecule has 0 radical (unpaired) electrons. The summed E-state index contributed by atoms with van der Waals surface area (Å²) in [6, 6.07) is 5.01. The van der Waals surface area contributed by atoms with Crippen molar-refractivity contribution < 1.29 is 18.3 Å². The minimum atomic E-state index is -4.44. The fraction of sp³-hybridized carbons (Fsp3) is 0.476. The Kier molecular flexibility index (Phi) is 5.28. The molecule has 0 aliphatic carbocycles. The molecule has 1 aliphatic heterocycles. The predicted molar refractivity (Wildman–Crippen MR) is 112 cm³/mol. The average molecular weight is 434 g/mol. The summed E-state index contributed by atoms with van der Waals surface area (Å²) in [5, 5.41) is 18.2. The Balaban J connectivity index is 1.74. The molecule has 0 atom stereocenters. The van der Waals surface area contributed by atoms with Gasteiger partial charge in [0.1, 0.15) is 5.82 Å². The number of rotatable bonds is 4. The SMILES string of the molecule is CNc1nc(N2CCC(C(C)(C)O)CC2)c2cnn(-c3cccc(C(F)(F)F)c3)c2n1. The van der Waals surface area contributed by atoms with Crippen LogP contribution < -0.4 is 10.2 Å². The third-order valence-corrected chi connectivity index (χ3v) is 5.84. The summed E-state index contributed by atoms with van der Waals surface area (Å²) < 4.78 is 40.9. The number of aromatic nitrogens is 4. The summed E-state index contributed by atoms with van der Waals surface area (Å²) in [4.78, 5) is 11.2. The summed E-state index contributed by atoms with van der Waals surface area (Å²) >= 11 is 0. The molecule has 2 N–H and O–H groups in total. The molecule has 7 nitrogen and oxygen atoms in total. The van der Waals surface area contributed by atoms with Crippen molar-refractivity contribution in [2.45, 2.75) is 38.5 Å². The van der Waals surface area contributed by atoms with Gasteiger partial charge in [-0.2, -0.15) is 28.2 Å². The van der Waals surface area contributed by atoms with Crippen molar-refractivity contribution in [1.82, 2.24) is 19.7 Å². The molecule has 4 rings (SSSR count).